The van der Waals surface area contributed by atoms with Gasteiger partial charge in [0.1, 0.15) is 0 Å². The second kappa shape index (κ2) is 3.86. The minimum Gasteiger partial charge on any atom is -0.391 e. The molecule has 0 saturated heterocycles. The normalized spacial score (nSPS) is 25.7. The van der Waals surface area contributed by atoms with Crippen LogP contribution in [0.1, 0.15) is 25.3 Å². The van der Waals surface area contributed by atoms with Gasteiger partial charge in [-0.05, 0) is 29.2 Å². The van der Waals surface area contributed by atoms with Gasteiger partial charge in [0.15, 0.2) is 0 Å². The lowest BCUT2D eigenvalue weighted by Gasteiger charge is -2.11. The van der Waals surface area contributed by atoms with Crippen LogP contribution >= 0.6 is 15.9 Å². The molecular weight excluding hydrogens is 268 g/mol. The first-order chi connectivity index (χ1) is 7.09. The molecule has 0 amide bonds. The van der Waals surface area contributed by atoms with Gasteiger partial charge in [-0.3, -0.25) is 0 Å². The van der Waals surface area contributed by atoms with E-state index in [0.29, 0.717) is 11.2 Å². The quantitative estimate of drug-likeness (QED) is 0.643. The van der Waals surface area contributed by atoms with Crippen molar-refractivity contribution in [2.45, 2.75) is 31.4 Å². The molecule has 0 bridgehead atoms. The highest BCUT2D eigenvalue weighted by molar-refractivity contribution is 9.10. The highest BCUT2D eigenvalue weighted by Crippen LogP contribution is 2.32. The highest BCUT2D eigenvalue weighted by atomic mass is 79.9. The Labute approximate surface area is 93.4 Å². The van der Waals surface area contributed by atoms with Gasteiger partial charge in [-0.2, -0.15) is 4.68 Å². The van der Waals surface area contributed by atoms with E-state index < -0.39 is 17.0 Å². The number of aromatic nitrogens is 3. The largest absolute Gasteiger partial charge is 0.492 e. The molecule has 0 radical (unpaired) electrons. The summed E-state index contributed by atoms with van der Waals surface area (Å²) in [6, 6.07) is -0.208. The van der Waals surface area contributed by atoms with Crippen LogP contribution in [0.15, 0.2) is 4.73 Å². The zero-order chi connectivity index (χ0) is 11.0. The van der Waals surface area contributed by atoms with Gasteiger partial charge >= 0.3 is 5.95 Å². The summed E-state index contributed by atoms with van der Waals surface area (Å²) in [5.41, 5.74) is 0. The van der Waals surface area contributed by atoms with Crippen molar-refractivity contribution in [2.75, 3.05) is 0 Å². The van der Waals surface area contributed by atoms with E-state index in [1.54, 1.807) is 0 Å². The van der Waals surface area contributed by atoms with Gasteiger partial charge in [-0.1, -0.05) is 0 Å². The Balaban J connectivity index is 2.31. The van der Waals surface area contributed by atoms with E-state index in [2.05, 4.69) is 26.0 Å². The van der Waals surface area contributed by atoms with Gasteiger partial charge in [0.2, 0.25) is 0 Å². The molecule has 15 heavy (non-hydrogen) atoms. The molecule has 1 fully saturated rings. The third kappa shape index (κ3) is 1.86. The summed E-state index contributed by atoms with van der Waals surface area (Å²) in [5, 5.41) is 23.8. The minimum atomic E-state index is -0.650. The second-order valence-electron chi connectivity index (χ2n) is 3.45. The summed E-state index contributed by atoms with van der Waals surface area (Å²) in [6.07, 6.45) is 1.86. The van der Waals surface area contributed by atoms with E-state index in [9.17, 15) is 15.2 Å². The van der Waals surface area contributed by atoms with Crippen molar-refractivity contribution < 1.29 is 10.0 Å². The Hall–Kier alpha value is -1.02. The van der Waals surface area contributed by atoms with E-state index in [1.165, 1.54) is 4.68 Å². The summed E-state index contributed by atoms with van der Waals surface area (Å²) in [4.78, 5) is 13.4. The molecule has 0 aliphatic heterocycles. The number of hydrogen-bond acceptors (Lipinski definition) is 5. The van der Waals surface area contributed by atoms with E-state index in [-0.39, 0.29) is 6.04 Å². The molecule has 2 rings (SSSR count). The predicted molar refractivity (Wildman–Crippen MR) is 53.3 cm³/mol. The monoisotopic (exact) mass is 276 g/mol. The van der Waals surface area contributed by atoms with Crippen LogP contribution in [0.2, 0.25) is 0 Å². The van der Waals surface area contributed by atoms with Gasteiger partial charge in [0.05, 0.1) is 12.1 Å². The fourth-order valence-corrected chi connectivity index (χ4v) is 2.29. The number of aliphatic hydroxyl groups excluding tert-OH is 1. The molecular formula is C7H9BrN4O3. The van der Waals surface area contributed by atoms with Crippen molar-refractivity contribution in [1.29, 1.82) is 0 Å². The standard InChI is InChI=1S/C7H9BrN4O3/c8-6-9-7(12(14)15)10-11(6)4-2-1-3-5(4)13/h4-5,13H,1-3H2/t4-,5-/m0/s1. The summed E-state index contributed by atoms with van der Waals surface area (Å²) in [7, 11) is 0. The molecule has 82 valence electrons. The van der Waals surface area contributed by atoms with Crippen molar-refractivity contribution in [1.82, 2.24) is 14.8 Å². The third-order valence-corrected chi connectivity index (χ3v) is 3.04. The Kier molecular flexibility index (Phi) is 2.70. The van der Waals surface area contributed by atoms with Gasteiger partial charge < -0.3 is 15.2 Å². The summed E-state index contributed by atoms with van der Waals surface area (Å²) in [5.74, 6) is -0.444. The van der Waals surface area contributed by atoms with Crippen molar-refractivity contribution >= 4 is 21.9 Å². The van der Waals surface area contributed by atoms with Crippen molar-refractivity contribution in [3.05, 3.63) is 14.8 Å². The van der Waals surface area contributed by atoms with Crippen LogP contribution in [0.5, 0.6) is 0 Å². The molecule has 1 N–H and O–H groups in total. The van der Waals surface area contributed by atoms with Gasteiger partial charge in [-0.25, -0.2) is 0 Å². The predicted octanol–water partition coefficient (Wildman–Crippen LogP) is 1.03. The Morgan fingerprint density at radius 2 is 2.33 bits per heavy atom. The summed E-state index contributed by atoms with van der Waals surface area (Å²) < 4.78 is 1.68. The lowest BCUT2D eigenvalue weighted by molar-refractivity contribution is -0.394. The highest BCUT2D eigenvalue weighted by Gasteiger charge is 2.33. The second-order valence-corrected chi connectivity index (χ2v) is 4.16. The van der Waals surface area contributed by atoms with Crippen LogP contribution in [-0.2, 0) is 0 Å². The molecule has 8 heteroatoms. The van der Waals surface area contributed by atoms with E-state index in [0.717, 1.165) is 12.8 Å². The molecule has 1 saturated carbocycles. The van der Waals surface area contributed by atoms with Gasteiger partial charge in [0, 0.05) is 21.0 Å². The maximum absolute atomic E-state index is 10.4. The number of hydrogen-bond donors (Lipinski definition) is 1. The average molecular weight is 277 g/mol. The molecule has 1 aromatic rings. The fraction of sp³-hybridized carbons (Fsp3) is 0.714. The summed E-state index contributed by atoms with van der Waals surface area (Å²) >= 11 is 3.10. The maximum atomic E-state index is 10.4. The molecule has 0 unspecified atom stereocenters. The SMILES string of the molecule is O=[N+]([O-])c1nc(Br)n([C@H]2CCC[C@@H]2O)n1. The van der Waals surface area contributed by atoms with Crippen LogP contribution in [-0.4, -0.2) is 30.9 Å². The topological polar surface area (TPSA) is 94.1 Å². The van der Waals surface area contributed by atoms with Crippen molar-refractivity contribution in [3.63, 3.8) is 0 Å². The molecule has 1 aliphatic rings. The van der Waals surface area contributed by atoms with Crippen LogP contribution in [0.4, 0.5) is 5.95 Å². The molecule has 7 nitrogen and oxygen atoms in total. The molecule has 2 atom stereocenters. The zero-order valence-corrected chi connectivity index (χ0v) is 9.29. The molecule has 1 aromatic heterocycles. The zero-order valence-electron chi connectivity index (χ0n) is 7.71. The van der Waals surface area contributed by atoms with E-state index >= 15 is 0 Å². The lowest BCUT2D eigenvalue weighted by atomic mass is 10.2. The van der Waals surface area contributed by atoms with Crippen LogP contribution in [0, 0.1) is 10.1 Å². The first-order valence-corrected chi connectivity index (χ1v) is 5.33. The first kappa shape index (κ1) is 10.5. The van der Waals surface area contributed by atoms with E-state index in [1.807, 2.05) is 0 Å². The fourth-order valence-electron chi connectivity index (χ4n) is 1.79. The minimum absolute atomic E-state index is 0.208. The molecule has 0 aromatic carbocycles. The molecule has 0 spiro atoms. The number of aliphatic hydroxyl groups is 1. The lowest BCUT2D eigenvalue weighted by Crippen LogP contribution is -2.19. The van der Waals surface area contributed by atoms with E-state index in [4.69, 9.17) is 0 Å². The van der Waals surface area contributed by atoms with Gasteiger partial charge in [0.25, 0.3) is 4.73 Å². The number of nitro groups is 1. The number of halogens is 1. The number of rotatable bonds is 2. The average Bonchev–Trinajstić information content (AvgIpc) is 2.71. The van der Waals surface area contributed by atoms with Crippen molar-refractivity contribution in [2.24, 2.45) is 0 Å². The van der Waals surface area contributed by atoms with Crippen LogP contribution in [0.25, 0.3) is 0 Å². The van der Waals surface area contributed by atoms with Crippen LogP contribution in [0.3, 0.4) is 0 Å². The third-order valence-electron chi connectivity index (χ3n) is 2.50. The Morgan fingerprint density at radius 3 is 2.80 bits per heavy atom. The smallest absolute Gasteiger partial charge is 0.391 e. The maximum Gasteiger partial charge on any atom is 0.492 e. The van der Waals surface area contributed by atoms with Gasteiger partial charge in [-0.15, -0.1) is 0 Å². The summed E-state index contributed by atoms with van der Waals surface area (Å²) in [6.45, 7) is 0. The van der Waals surface area contributed by atoms with Crippen molar-refractivity contribution in [3.8, 4) is 0 Å². The first-order valence-electron chi connectivity index (χ1n) is 4.54. The van der Waals surface area contributed by atoms with Crippen LogP contribution < -0.4 is 0 Å². The molecule has 1 heterocycles. The number of nitrogens with zero attached hydrogens (tertiary/aromatic N) is 4. The molecule has 1 aliphatic carbocycles. The Bertz CT molecular complexity index is 394. The Morgan fingerprint density at radius 1 is 1.60 bits per heavy atom.